The summed E-state index contributed by atoms with van der Waals surface area (Å²) in [5.74, 6) is -3.15. The molecule has 0 spiro atoms. The molecule has 0 aliphatic carbocycles. The number of benzene rings is 2. The first-order valence-electron chi connectivity index (χ1n) is 9.71. The molecule has 1 heterocycles. The highest BCUT2D eigenvalue weighted by molar-refractivity contribution is 6.46. The number of carboxylic acids is 1. The number of aliphatic hydroxyl groups is 1. The van der Waals surface area contributed by atoms with Gasteiger partial charge < -0.3 is 15.1 Å². The second-order valence-electron chi connectivity index (χ2n) is 7.11. The van der Waals surface area contributed by atoms with Crippen LogP contribution in [0.3, 0.4) is 0 Å². The summed E-state index contributed by atoms with van der Waals surface area (Å²) in [5, 5.41) is 19.6. The number of carbonyl (C=O) groups is 3. The molecular weight excluding hydrogens is 389 g/mol. The molecule has 30 heavy (non-hydrogen) atoms. The molecule has 0 unspecified atom stereocenters. The van der Waals surface area contributed by atoms with E-state index in [0.29, 0.717) is 30.4 Å². The van der Waals surface area contributed by atoms with Gasteiger partial charge in [0.15, 0.2) is 0 Å². The lowest BCUT2D eigenvalue weighted by molar-refractivity contribution is -0.140. The SMILES string of the molecule is O=C(O)CCCCCN1C(=O)C(=O)C(=C(O)c2ccccc2)[C@@H]1c1ccc(F)cc1. The average Bonchev–Trinajstić information content (AvgIpc) is 2.99. The summed E-state index contributed by atoms with van der Waals surface area (Å²) in [6, 6.07) is 13.1. The summed E-state index contributed by atoms with van der Waals surface area (Å²) in [6.07, 6.45) is 1.58. The van der Waals surface area contributed by atoms with E-state index in [1.165, 1.54) is 29.2 Å². The van der Waals surface area contributed by atoms with E-state index < -0.39 is 29.5 Å². The van der Waals surface area contributed by atoms with Gasteiger partial charge in [0.25, 0.3) is 11.7 Å². The minimum absolute atomic E-state index is 0.0359. The van der Waals surface area contributed by atoms with Crippen molar-refractivity contribution >= 4 is 23.4 Å². The summed E-state index contributed by atoms with van der Waals surface area (Å²) < 4.78 is 13.4. The molecule has 0 bridgehead atoms. The Morgan fingerprint density at radius 3 is 2.23 bits per heavy atom. The number of amides is 1. The molecule has 1 saturated heterocycles. The maximum Gasteiger partial charge on any atom is 0.303 e. The molecule has 2 aromatic carbocycles. The predicted octanol–water partition coefficient (Wildman–Crippen LogP) is 3.89. The third-order valence-electron chi connectivity index (χ3n) is 5.06. The number of nitrogens with zero attached hydrogens (tertiary/aromatic N) is 1. The molecule has 2 N–H and O–H groups in total. The van der Waals surface area contributed by atoms with Crippen LogP contribution in [0.2, 0.25) is 0 Å². The van der Waals surface area contributed by atoms with Crippen molar-refractivity contribution in [3.8, 4) is 0 Å². The Kier molecular flexibility index (Phi) is 6.61. The van der Waals surface area contributed by atoms with E-state index in [4.69, 9.17) is 5.11 Å². The Hall–Kier alpha value is -3.48. The molecule has 0 saturated carbocycles. The van der Waals surface area contributed by atoms with Gasteiger partial charge in [0.1, 0.15) is 11.6 Å². The summed E-state index contributed by atoms with van der Waals surface area (Å²) in [7, 11) is 0. The van der Waals surface area contributed by atoms with Crippen LogP contribution in [0.25, 0.3) is 5.76 Å². The van der Waals surface area contributed by atoms with Crippen LogP contribution >= 0.6 is 0 Å². The fraction of sp³-hybridized carbons (Fsp3) is 0.261. The Bertz CT molecular complexity index is 969. The van der Waals surface area contributed by atoms with E-state index >= 15 is 0 Å². The number of carboxylic acid groups (broad SMARTS) is 1. The van der Waals surface area contributed by atoms with Gasteiger partial charge in [-0.25, -0.2) is 4.39 Å². The Balaban J connectivity index is 1.95. The lowest BCUT2D eigenvalue weighted by Crippen LogP contribution is -2.30. The lowest BCUT2D eigenvalue weighted by atomic mass is 9.95. The molecule has 0 aromatic heterocycles. The largest absolute Gasteiger partial charge is 0.507 e. The highest BCUT2D eigenvalue weighted by Gasteiger charge is 2.45. The molecule has 1 aliphatic rings. The molecule has 1 atom stereocenters. The van der Waals surface area contributed by atoms with Gasteiger partial charge >= 0.3 is 5.97 Å². The first-order chi connectivity index (χ1) is 14.4. The average molecular weight is 411 g/mol. The van der Waals surface area contributed by atoms with E-state index in [2.05, 4.69) is 0 Å². The Labute approximate surface area is 173 Å². The number of aliphatic hydroxyl groups excluding tert-OH is 1. The fourth-order valence-corrected chi connectivity index (χ4v) is 3.59. The predicted molar refractivity (Wildman–Crippen MR) is 108 cm³/mol. The van der Waals surface area contributed by atoms with E-state index in [9.17, 15) is 23.9 Å². The summed E-state index contributed by atoms with van der Waals surface area (Å²) in [4.78, 5) is 37.6. The van der Waals surface area contributed by atoms with E-state index in [1.54, 1.807) is 30.3 Å². The van der Waals surface area contributed by atoms with Gasteiger partial charge in [-0.15, -0.1) is 0 Å². The van der Waals surface area contributed by atoms with Crippen molar-refractivity contribution in [2.75, 3.05) is 6.54 Å². The highest BCUT2D eigenvalue weighted by atomic mass is 19.1. The van der Waals surface area contributed by atoms with Crippen LogP contribution in [0.15, 0.2) is 60.2 Å². The number of aliphatic carboxylic acids is 1. The summed E-state index contributed by atoms with van der Waals surface area (Å²) in [6.45, 7) is 0.220. The highest BCUT2D eigenvalue weighted by Crippen LogP contribution is 2.39. The number of hydrogen-bond donors (Lipinski definition) is 2. The maximum atomic E-state index is 13.4. The zero-order valence-electron chi connectivity index (χ0n) is 16.3. The van der Waals surface area contributed by atoms with E-state index in [0.717, 1.165) is 0 Å². The van der Waals surface area contributed by atoms with Crippen molar-refractivity contribution in [1.82, 2.24) is 4.90 Å². The van der Waals surface area contributed by atoms with Gasteiger partial charge in [-0.05, 0) is 30.5 Å². The van der Waals surface area contributed by atoms with Crippen LogP contribution in [0, 0.1) is 5.82 Å². The molecule has 7 heteroatoms. The number of rotatable bonds is 8. The Morgan fingerprint density at radius 1 is 0.933 bits per heavy atom. The number of unbranched alkanes of at least 4 members (excludes halogenated alkanes) is 2. The molecule has 1 fully saturated rings. The van der Waals surface area contributed by atoms with Gasteiger partial charge in [0, 0.05) is 18.5 Å². The normalized spacial score (nSPS) is 18.0. The molecule has 1 amide bonds. The second kappa shape index (κ2) is 9.35. The van der Waals surface area contributed by atoms with Crippen molar-refractivity contribution in [3.63, 3.8) is 0 Å². The molecule has 3 rings (SSSR count). The van der Waals surface area contributed by atoms with Crippen molar-refractivity contribution in [2.24, 2.45) is 0 Å². The van der Waals surface area contributed by atoms with Gasteiger partial charge in [-0.1, -0.05) is 48.9 Å². The van der Waals surface area contributed by atoms with Crippen LogP contribution < -0.4 is 0 Å². The second-order valence-corrected chi connectivity index (χ2v) is 7.11. The third-order valence-corrected chi connectivity index (χ3v) is 5.06. The van der Waals surface area contributed by atoms with Crippen molar-refractivity contribution in [3.05, 3.63) is 77.1 Å². The standard InChI is InChI=1S/C23H22FNO5/c24-17-12-10-15(11-13-17)20-19(21(28)16-7-3-1-4-8-16)22(29)23(30)25(20)14-6-2-5-9-18(26)27/h1,3-4,7-8,10-13,20,28H,2,5-6,9,14H2,(H,26,27)/t20-/m0/s1. The van der Waals surface area contributed by atoms with Gasteiger partial charge in [0.2, 0.25) is 0 Å². The number of ketones is 1. The first kappa shape index (κ1) is 21.2. The first-order valence-corrected chi connectivity index (χ1v) is 9.71. The molecule has 2 aromatic rings. The number of hydrogen-bond acceptors (Lipinski definition) is 4. The summed E-state index contributed by atoms with van der Waals surface area (Å²) >= 11 is 0. The number of halogens is 1. The third kappa shape index (κ3) is 4.56. The minimum Gasteiger partial charge on any atom is -0.507 e. The number of carbonyl (C=O) groups excluding carboxylic acids is 2. The minimum atomic E-state index is -0.885. The van der Waals surface area contributed by atoms with Gasteiger partial charge in [-0.2, -0.15) is 0 Å². The van der Waals surface area contributed by atoms with Crippen LogP contribution in [-0.4, -0.2) is 39.3 Å². The zero-order chi connectivity index (χ0) is 21.7. The fourth-order valence-electron chi connectivity index (χ4n) is 3.59. The van der Waals surface area contributed by atoms with Crippen molar-refractivity contribution in [1.29, 1.82) is 0 Å². The van der Waals surface area contributed by atoms with Gasteiger partial charge in [0.05, 0.1) is 11.6 Å². The monoisotopic (exact) mass is 411 g/mol. The molecule has 1 aliphatic heterocycles. The number of Topliss-reactive ketones (excluding diaryl/α,β-unsaturated/α-hetero) is 1. The Morgan fingerprint density at radius 2 is 1.60 bits per heavy atom. The van der Waals surface area contributed by atoms with Crippen LogP contribution in [0.1, 0.15) is 42.9 Å². The van der Waals surface area contributed by atoms with E-state index in [1.807, 2.05) is 0 Å². The quantitative estimate of drug-likeness (QED) is 0.297. The van der Waals surface area contributed by atoms with Crippen molar-refractivity contribution < 1.29 is 29.0 Å². The van der Waals surface area contributed by atoms with Crippen LogP contribution in [0.4, 0.5) is 4.39 Å². The topological polar surface area (TPSA) is 94.9 Å². The molecular formula is C23H22FNO5. The zero-order valence-corrected chi connectivity index (χ0v) is 16.3. The molecule has 6 nitrogen and oxygen atoms in total. The smallest absolute Gasteiger partial charge is 0.303 e. The molecule has 0 radical (unpaired) electrons. The molecule has 156 valence electrons. The maximum absolute atomic E-state index is 13.4. The number of likely N-dealkylation sites (tertiary alicyclic amines) is 1. The lowest BCUT2D eigenvalue weighted by Gasteiger charge is -2.25. The van der Waals surface area contributed by atoms with E-state index in [-0.39, 0.29) is 24.3 Å². The van der Waals surface area contributed by atoms with Crippen LogP contribution in [-0.2, 0) is 14.4 Å². The van der Waals surface area contributed by atoms with Crippen LogP contribution in [0.5, 0.6) is 0 Å². The van der Waals surface area contributed by atoms with Crippen molar-refractivity contribution in [2.45, 2.75) is 31.7 Å². The van der Waals surface area contributed by atoms with Gasteiger partial charge in [-0.3, -0.25) is 14.4 Å². The summed E-state index contributed by atoms with van der Waals surface area (Å²) in [5.41, 5.74) is 0.881.